The van der Waals surface area contributed by atoms with Gasteiger partial charge in [0.15, 0.2) is 19.7 Å². The molecule has 0 fully saturated rings. The van der Waals surface area contributed by atoms with Gasteiger partial charge in [-0.25, -0.2) is 16.8 Å². The van der Waals surface area contributed by atoms with Crippen LogP contribution in [-0.4, -0.2) is 40.2 Å². The molecule has 0 unspecified atom stereocenters. The summed E-state index contributed by atoms with van der Waals surface area (Å²) >= 11 is 0. The van der Waals surface area contributed by atoms with Crippen LogP contribution in [0.1, 0.15) is 45.7 Å². The van der Waals surface area contributed by atoms with Gasteiger partial charge < -0.3 is 10.6 Å². The zero-order chi connectivity index (χ0) is 30.7. The lowest BCUT2D eigenvalue weighted by molar-refractivity contribution is 0.101. The fourth-order valence-corrected chi connectivity index (χ4v) is 6.69. The summed E-state index contributed by atoms with van der Waals surface area (Å²) in [5, 5.41) is 5.65. The first kappa shape index (κ1) is 30.7. The van der Waals surface area contributed by atoms with Gasteiger partial charge in [0, 0.05) is 11.4 Å². The first-order valence-corrected chi connectivity index (χ1v) is 16.7. The number of hydrogen-bond donors (Lipinski definition) is 2. The van der Waals surface area contributed by atoms with Gasteiger partial charge in [-0.3, -0.25) is 9.59 Å². The first-order chi connectivity index (χ1) is 19.9. The van der Waals surface area contributed by atoms with Gasteiger partial charge >= 0.3 is 0 Å². The van der Waals surface area contributed by atoms with E-state index in [2.05, 4.69) is 10.6 Å². The van der Waals surface area contributed by atoms with Crippen molar-refractivity contribution in [3.63, 3.8) is 0 Å². The van der Waals surface area contributed by atoms with Crippen molar-refractivity contribution < 1.29 is 26.4 Å². The number of benzene rings is 4. The zero-order valence-corrected chi connectivity index (χ0v) is 25.4. The quantitative estimate of drug-likeness (QED) is 0.239. The van der Waals surface area contributed by atoms with Gasteiger partial charge in [-0.05, 0) is 84.6 Å². The molecule has 2 N–H and O–H groups in total. The fraction of sp³-hybridized carbons (Fsp3) is 0.188. The third-order valence-electron chi connectivity index (χ3n) is 6.98. The van der Waals surface area contributed by atoms with Crippen molar-refractivity contribution in [2.75, 3.05) is 22.1 Å². The molecule has 0 bridgehead atoms. The van der Waals surface area contributed by atoms with Crippen molar-refractivity contribution in [3.05, 3.63) is 107 Å². The van der Waals surface area contributed by atoms with E-state index in [-0.39, 0.29) is 32.4 Å². The topological polar surface area (TPSA) is 126 Å². The van der Waals surface area contributed by atoms with Gasteiger partial charge in [-0.15, -0.1) is 0 Å². The summed E-state index contributed by atoms with van der Waals surface area (Å²) < 4.78 is 49.9. The molecule has 4 aromatic rings. The van der Waals surface area contributed by atoms with E-state index in [0.29, 0.717) is 11.4 Å². The maximum atomic E-state index is 13.0. The normalized spacial score (nSPS) is 11.6. The van der Waals surface area contributed by atoms with Crippen molar-refractivity contribution in [2.24, 2.45) is 0 Å². The number of aryl methyl sites for hydroxylation is 2. The van der Waals surface area contributed by atoms with Crippen molar-refractivity contribution >= 4 is 42.9 Å². The third-order valence-corrected chi connectivity index (χ3v) is 10.5. The predicted molar refractivity (Wildman–Crippen MR) is 166 cm³/mol. The number of carbonyl (C=O) groups excluding carboxylic acids is 2. The Balaban J connectivity index is 1.54. The molecule has 42 heavy (non-hydrogen) atoms. The molecule has 0 aromatic heterocycles. The maximum absolute atomic E-state index is 13.0. The molecule has 0 spiro atoms. The van der Waals surface area contributed by atoms with Crippen LogP contribution in [0.3, 0.4) is 0 Å². The molecule has 0 atom stereocenters. The highest BCUT2D eigenvalue weighted by Gasteiger charge is 2.22. The van der Waals surface area contributed by atoms with Gasteiger partial charge in [0.25, 0.3) is 11.8 Å². The Labute approximate surface area is 246 Å². The minimum Gasteiger partial charge on any atom is -0.322 e. The highest BCUT2D eigenvalue weighted by atomic mass is 32.2. The van der Waals surface area contributed by atoms with E-state index >= 15 is 0 Å². The molecule has 0 saturated heterocycles. The Kier molecular flexibility index (Phi) is 8.98. The molecule has 10 heteroatoms. The number of amides is 2. The van der Waals surface area contributed by atoms with Crippen LogP contribution in [0, 0.1) is 13.8 Å². The molecule has 0 radical (unpaired) electrons. The Morgan fingerprint density at radius 2 is 0.929 bits per heavy atom. The van der Waals surface area contributed by atoms with E-state index in [1.807, 2.05) is 38.1 Å². The fourth-order valence-electron chi connectivity index (χ4n) is 4.51. The Hall–Kier alpha value is -4.28. The lowest BCUT2D eigenvalue weighted by Gasteiger charge is -2.14. The summed E-state index contributed by atoms with van der Waals surface area (Å²) in [5.41, 5.74) is 4.58. The molecule has 0 aliphatic heterocycles. The van der Waals surface area contributed by atoms with Crippen molar-refractivity contribution in [1.82, 2.24) is 0 Å². The molecule has 4 rings (SSSR count). The lowest BCUT2D eigenvalue weighted by atomic mass is 9.99. The number of rotatable bonds is 9. The van der Waals surface area contributed by atoms with E-state index in [1.165, 1.54) is 38.1 Å². The first-order valence-electron chi connectivity index (χ1n) is 13.4. The van der Waals surface area contributed by atoms with E-state index in [4.69, 9.17) is 0 Å². The average Bonchev–Trinajstić information content (AvgIpc) is 2.99. The molecular formula is C32H32N2O6S2. The second-order valence-corrected chi connectivity index (χ2v) is 14.3. The number of anilines is 2. The predicted octanol–water partition coefficient (Wildman–Crippen LogP) is 6.06. The third kappa shape index (κ3) is 6.45. The molecular weight excluding hydrogens is 572 g/mol. The molecule has 0 aliphatic carbocycles. The van der Waals surface area contributed by atoms with Crippen molar-refractivity contribution in [1.29, 1.82) is 0 Å². The smallest absolute Gasteiger partial charge is 0.256 e. The van der Waals surface area contributed by atoms with E-state index in [9.17, 15) is 26.4 Å². The van der Waals surface area contributed by atoms with Crippen LogP contribution in [-0.2, 0) is 19.7 Å². The van der Waals surface area contributed by atoms with Crippen LogP contribution in [0.15, 0.2) is 94.7 Å². The van der Waals surface area contributed by atoms with Crippen LogP contribution in [0.5, 0.6) is 0 Å². The highest BCUT2D eigenvalue weighted by Crippen LogP contribution is 2.29. The Morgan fingerprint density at radius 1 is 0.571 bits per heavy atom. The summed E-state index contributed by atoms with van der Waals surface area (Å²) in [7, 11) is -7.15. The lowest BCUT2D eigenvalue weighted by Crippen LogP contribution is -2.18. The molecule has 0 aliphatic rings. The van der Waals surface area contributed by atoms with Crippen LogP contribution in [0.4, 0.5) is 11.4 Å². The largest absolute Gasteiger partial charge is 0.322 e. The average molecular weight is 605 g/mol. The molecule has 218 valence electrons. The second-order valence-electron chi connectivity index (χ2n) is 9.77. The molecule has 4 aromatic carbocycles. The van der Waals surface area contributed by atoms with E-state index in [0.717, 1.165) is 22.3 Å². The minimum absolute atomic E-state index is 0.00240. The molecule has 8 nitrogen and oxygen atoms in total. The molecule has 0 saturated carbocycles. The van der Waals surface area contributed by atoms with E-state index < -0.39 is 31.5 Å². The SMILES string of the molecule is CCS(=O)(=O)c1ccccc1C(=O)Nc1ccc(-c2ccc(NC(=O)c3ccccc3S(=O)(=O)CC)c(C)c2)cc1C. The highest BCUT2D eigenvalue weighted by molar-refractivity contribution is 7.91. The van der Waals surface area contributed by atoms with Crippen molar-refractivity contribution in [3.8, 4) is 11.1 Å². The zero-order valence-electron chi connectivity index (χ0n) is 23.8. The second kappa shape index (κ2) is 12.3. The monoisotopic (exact) mass is 604 g/mol. The van der Waals surface area contributed by atoms with Gasteiger partial charge in [-0.2, -0.15) is 0 Å². The summed E-state index contributed by atoms with van der Waals surface area (Å²) in [6, 6.07) is 23.3. The number of nitrogens with one attached hydrogen (secondary N) is 2. The summed E-state index contributed by atoms with van der Waals surface area (Å²) in [6.07, 6.45) is 0. The van der Waals surface area contributed by atoms with E-state index in [1.54, 1.807) is 36.4 Å². The Bertz CT molecular complexity index is 1760. The van der Waals surface area contributed by atoms with Gasteiger partial charge in [0.1, 0.15) is 0 Å². The van der Waals surface area contributed by atoms with Gasteiger partial charge in [0.2, 0.25) is 0 Å². The minimum atomic E-state index is -3.57. The molecule has 0 heterocycles. The summed E-state index contributed by atoms with van der Waals surface area (Å²) in [5.74, 6) is -1.24. The maximum Gasteiger partial charge on any atom is 0.256 e. The van der Waals surface area contributed by atoms with Crippen LogP contribution < -0.4 is 10.6 Å². The number of hydrogen-bond acceptors (Lipinski definition) is 6. The number of sulfone groups is 2. The van der Waals surface area contributed by atoms with Gasteiger partial charge in [0.05, 0.1) is 32.4 Å². The molecule has 2 amide bonds. The standard InChI is InChI=1S/C32H32N2O6S2/c1-5-41(37,38)29-13-9-7-11-25(29)31(35)33-27-17-15-23(19-21(27)3)24-16-18-28(22(4)20-24)34-32(36)26-12-8-10-14-30(26)42(39,40)6-2/h7-20H,5-6H2,1-4H3,(H,33,35)(H,34,36). The summed E-state index contributed by atoms with van der Waals surface area (Å²) in [6.45, 7) is 6.76. The van der Waals surface area contributed by atoms with Crippen LogP contribution in [0.2, 0.25) is 0 Å². The van der Waals surface area contributed by atoms with Crippen LogP contribution >= 0.6 is 0 Å². The van der Waals surface area contributed by atoms with Crippen molar-refractivity contribution in [2.45, 2.75) is 37.5 Å². The van der Waals surface area contributed by atoms with Gasteiger partial charge in [-0.1, -0.05) is 50.2 Å². The summed E-state index contributed by atoms with van der Waals surface area (Å²) in [4.78, 5) is 26.0. The Morgan fingerprint density at radius 3 is 1.26 bits per heavy atom. The van der Waals surface area contributed by atoms with Crippen LogP contribution in [0.25, 0.3) is 11.1 Å². The number of carbonyl (C=O) groups is 2.